The number of aromatic hydroxyl groups is 1. The molecule has 0 radical (unpaired) electrons. The van der Waals surface area contributed by atoms with Crippen molar-refractivity contribution in [3.8, 4) is 28.3 Å². The Labute approximate surface area is 257 Å². The van der Waals surface area contributed by atoms with Crippen molar-refractivity contribution in [2.24, 2.45) is 0 Å². The van der Waals surface area contributed by atoms with Gasteiger partial charge in [0.25, 0.3) is 11.8 Å². The third-order valence-corrected chi connectivity index (χ3v) is 8.48. The summed E-state index contributed by atoms with van der Waals surface area (Å²) < 4.78 is 59.5. The molecule has 0 spiro atoms. The minimum Gasteiger partial charge on any atom is -0.505 e. The number of hydrogen-bond acceptors (Lipinski definition) is 7. The highest BCUT2D eigenvalue weighted by molar-refractivity contribution is 7.92. The Morgan fingerprint density at radius 1 is 0.956 bits per heavy atom. The third kappa shape index (κ3) is 6.20. The van der Waals surface area contributed by atoms with E-state index in [2.05, 4.69) is 15.6 Å². The summed E-state index contributed by atoms with van der Waals surface area (Å²) in [7, 11) is -1.08. The van der Waals surface area contributed by atoms with Gasteiger partial charge in [-0.1, -0.05) is 12.1 Å². The number of benzene rings is 3. The van der Waals surface area contributed by atoms with Crippen LogP contribution in [0.25, 0.3) is 33.6 Å². The maximum absolute atomic E-state index is 13.7. The first-order valence-electron chi connectivity index (χ1n) is 13.6. The SMILES string of the molecule is CNC(=O)c1c(-c2ccc(F)cc2)oc2cc(N(C)S(C)(=O)=O)c(-c3ccc(O)c(C(=O)N[C@H](C)c4ccc(F)cc4)n3)cc12. The maximum Gasteiger partial charge on any atom is 0.274 e. The summed E-state index contributed by atoms with van der Waals surface area (Å²) in [6, 6.07) is 15.9. The van der Waals surface area contributed by atoms with Gasteiger partial charge in [-0.15, -0.1) is 0 Å². The minimum atomic E-state index is -3.83. The molecule has 3 aromatic carbocycles. The predicted octanol–water partition coefficient (Wildman–Crippen LogP) is 5.39. The van der Waals surface area contributed by atoms with Gasteiger partial charge in [-0.05, 0) is 67.1 Å². The number of hydrogen-bond donors (Lipinski definition) is 3. The molecule has 2 amide bonds. The van der Waals surface area contributed by atoms with Crippen molar-refractivity contribution in [1.29, 1.82) is 0 Å². The first-order valence-corrected chi connectivity index (χ1v) is 15.4. The summed E-state index contributed by atoms with van der Waals surface area (Å²) in [6.45, 7) is 1.68. The second-order valence-corrected chi connectivity index (χ2v) is 12.3. The second-order valence-electron chi connectivity index (χ2n) is 10.3. The molecule has 0 saturated heterocycles. The molecule has 0 aliphatic rings. The van der Waals surface area contributed by atoms with Gasteiger partial charge >= 0.3 is 0 Å². The predicted molar refractivity (Wildman–Crippen MR) is 165 cm³/mol. The number of furan rings is 1. The van der Waals surface area contributed by atoms with Gasteiger partial charge in [-0.25, -0.2) is 22.2 Å². The minimum absolute atomic E-state index is 0.104. The summed E-state index contributed by atoms with van der Waals surface area (Å²) in [5, 5.41) is 16.1. The van der Waals surface area contributed by atoms with Crippen molar-refractivity contribution < 1.29 is 36.3 Å². The van der Waals surface area contributed by atoms with Gasteiger partial charge in [0.2, 0.25) is 10.0 Å². The molecule has 13 heteroatoms. The van der Waals surface area contributed by atoms with Crippen LogP contribution in [0.5, 0.6) is 5.75 Å². The first-order chi connectivity index (χ1) is 21.3. The van der Waals surface area contributed by atoms with E-state index in [-0.39, 0.29) is 39.5 Å². The molecule has 0 aliphatic heterocycles. The lowest BCUT2D eigenvalue weighted by atomic mass is 10.0. The lowest BCUT2D eigenvalue weighted by molar-refractivity contribution is 0.0930. The van der Waals surface area contributed by atoms with E-state index in [4.69, 9.17) is 4.42 Å². The van der Waals surface area contributed by atoms with E-state index in [0.717, 1.165) is 10.6 Å². The monoisotopic (exact) mass is 634 g/mol. The standard InChI is InChI=1S/C32H28F2N4O6S/c1-17(18-5-9-20(33)10-6-18)36-32(41)29-26(39)14-13-24(37-29)22-15-23-27(16-25(22)38(3)45(4,42)43)44-30(28(23)31(40)35-2)19-7-11-21(34)12-8-19/h5-17,39H,1-4H3,(H,35,40)(H,36,41)/t17-/m1/s1. The molecule has 0 unspecified atom stereocenters. The normalized spacial score (nSPS) is 12.1. The number of rotatable bonds is 8. The molecule has 1 atom stereocenters. The van der Waals surface area contributed by atoms with Crippen LogP contribution in [0.3, 0.4) is 0 Å². The molecular weight excluding hydrogens is 606 g/mol. The fraction of sp³-hybridized carbons (Fsp3) is 0.156. The number of pyridine rings is 1. The Kier molecular flexibility index (Phi) is 8.30. The van der Waals surface area contributed by atoms with Crippen LogP contribution >= 0.6 is 0 Å². The van der Waals surface area contributed by atoms with Crippen LogP contribution in [0.2, 0.25) is 0 Å². The highest BCUT2D eigenvalue weighted by Crippen LogP contribution is 2.41. The highest BCUT2D eigenvalue weighted by Gasteiger charge is 2.27. The molecule has 0 aliphatic carbocycles. The number of carbonyl (C=O) groups is 2. The Bertz CT molecular complexity index is 2050. The molecule has 2 heterocycles. The number of aromatic nitrogens is 1. The lowest BCUT2D eigenvalue weighted by Crippen LogP contribution is -2.28. The number of nitrogens with zero attached hydrogens (tertiary/aromatic N) is 2. The lowest BCUT2D eigenvalue weighted by Gasteiger charge is -2.21. The van der Waals surface area contributed by atoms with Gasteiger partial charge in [0.05, 0.1) is 29.2 Å². The van der Waals surface area contributed by atoms with E-state index in [9.17, 15) is 31.9 Å². The highest BCUT2D eigenvalue weighted by atomic mass is 32.2. The van der Waals surface area contributed by atoms with Crippen molar-refractivity contribution in [1.82, 2.24) is 15.6 Å². The zero-order valence-corrected chi connectivity index (χ0v) is 25.4. The van der Waals surface area contributed by atoms with Crippen LogP contribution in [0.1, 0.15) is 39.4 Å². The summed E-state index contributed by atoms with van der Waals surface area (Å²) in [6.07, 6.45) is 1.00. The Morgan fingerprint density at radius 2 is 1.58 bits per heavy atom. The van der Waals surface area contributed by atoms with Gasteiger partial charge < -0.3 is 20.2 Å². The summed E-state index contributed by atoms with van der Waals surface area (Å²) >= 11 is 0. The van der Waals surface area contributed by atoms with Crippen molar-refractivity contribution in [3.05, 3.63) is 101 Å². The number of nitrogens with one attached hydrogen (secondary N) is 2. The van der Waals surface area contributed by atoms with Crippen LogP contribution in [0.4, 0.5) is 14.5 Å². The first kappa shape index (κ1) is 31.1. The third-order valence-electron chi connectivity index (χ3n) is 7.29. The van der Waals surface area contributed by atoms with Gasteiger partial charge in [0.15, 0.2) is 5.69 Å². The van der Waals surface area contributed by atoms with E-state index in [1.165, 1.54) is 86.9 Å². The maximum atomic E-state index is 13.7. The van der Waals surface area contributed by atoms with E-state index in [1.54, 1.807) is 6.92 Å². The van der Waals surface area contributed by atoms with Gasteiger partial charge in [0, 0.05) is 36.7 Å². The van der Waals surface area contributed by atoms with E-state index in [0.29, 0.717) is 16.5 Å². The number of sulfonamides is 1. The molecule has 232 valence electrons. The van der Waals surface area contributed by atoms with Crippen molar-refractivity contribution in [2.75, 3.05) is 24.7 Å². The van der Waals surface area contributed by atoms with Crippen molar-refractivity contribution in [2.45, 2.75) is 13.0 Å². The molecule has 5 rings (SSSR count). The Morgan fingerprint density at radius 3 is 2.18 bits per heavy atom. The molecule has 0 bridgehead atoms. The van der Waals surface area contributed by atoms with Gasteiger partial charge in [0.1, 0.15) is 28.7 Å². The average molecular weight is 635 g/mol. The fourth-order valence-electron chi connectivity index (χ4n) is 4.80. The molecule has 0 fully saturated rings. The summed E-state index contributed by atoms with van der Waals surface area (Å²) in [5.41, 5.74) is 1.35. The molecule has 45 heavy (non-hydrogen) atoms. The quantitative estimate of drug-likeness (QED) is 0.208. The molecule has 5 aromatic rings. The number of anilines is 1. The van der Waals surface area contributed by atoms with Gasteiger partial charge in [-0.2, -0.15) is 0 Å². The largest absolute Gasteiger partial charge is 0.505 e. The van der Waals surface area contributed by atoms with E-state index in [1.807, 2.05) is 0 Å². The zero-order valence-electron chi connectivity index (χ0n) is 24.6. The number of amides is 2. The Hall–Kier alpha value is -5.30. The molecule has 2 aromatic heterocycles. The molecule has 10 nitrogen and oxygen atoms in total. The topological polar surface area (TPSA) is 142 Å². The van der Waals surface area contributed by atoms with Crippen LogP contribution < -0.4 is 14.9 Å². The smallest absolute Gasteiger partial charge is 0.274 e. The summed E-state index contributed by atoms with van der Waals surface area (Å²) in [5.74, 6) is -2.48. The molecule has 0 saturated carbocycles. The summed E-state index contributed by atoms with van der Waals surface area (Å²) in [4.78, 5) is 30.8. The molecular formula is C32H28F2N4O6S. The fourth-order valence-corrected chi connectivity index (χ4v) is 5.31. The van der Waals surface area contributed by atoms with Crippen molar-refractivity contribution in [3.63, 3.8) is 0 Å². The van der Waals surface area contributed by atoms with Crippen LogP contribution in [0, 0.1) is 11.6 Å². The molecule has 3 N–H and O–H groups in total. The van der Waals surface area contributed by atoms with Crippen LogP contribution in [0.15, 0.2) is 77.2 Å². The van der Waals surface area contributed by atoms with Crippen LogP contribution in [-0.4, -0.2) is 50.7 Å². The van der Waals surface area contributed by atoms with Crippen molar-refractivity contribution >= 4 is 38.5 Å². The average Bonchev–Trinajstić information content (AvgIpc) is 3.38. The number of halogens is 2. The second kappa shape index (κ2) is 12.0. The number of fused-ring (bicyclic) bond motifs is 1. The van der Waals surface area contributed by atoms with Gasteiger partial charge in [-0.3, -0.25) is 13.9 Å². The van der Waals surface area contributed by atoms with Crippen LogP contribution in [-0.2, 0) is 10.0 Å². The Balaban J connectivity index is 1.68. The zero-order chi connectivity index (χ0) is 32.6. The van der Waals surface area contributed by atoms with E-state index >= 15 is 0 Å². The number of carbonyl (C=O) groups excluding carboxylic acids is 2. The van der Waals surface area contributed by atoms with E-state index < -0.39 is 45.3 Å².